The van der Waals surface area contributed by atoms with Gasteiger partial charge in [-0.2, -0.15) is 0 Å². The number of phenolic OH excluding ortho intramolecular Hbond substituents is 1. The van der Waals surface area contributed by atoms with Gasteiger partial charge in [-0.1, -0.05) is 24.3 Å². The number of hydroxylamine groups is 1. The molecule has 0 bridgehead atoms. The number of hydrogen-bond donors (Lipinski definition) is 1. The van der Waals surface area contributed by atoms with Crippen molar-refractivity contribution in [2.24, 2.45) is 5.92 Å². The number of nitrogens with zero attached hydrogens (tertiary/aromatic N) is 2. The van der Waals surface area contributed by atoms with Gasteiger partial charge in [0.1, 0.15) is 11.7 Å². The summed E-state index contributed by atoms with van der Waals surface area (Å²) in [6.45, 7) is 4.50. The first-order valence-corrected chi connectivity index (χ1v) is 12.5. The second-order valence-electron chi connectivity index (χ2n) is 8.38. The molecule has 8 nitrogen and oxygen atoms in total. The quantitative estimate of drug-likeness (QED) is 0.412. The Labute approximate surface area is 217 Å². The molecule has 2 aliphatic heterocycles. The fourth-order valence-electron chi connectivity index (χ4n) is 4.72. The van der Waals surface area contributed by atoms with E-state index in [9.17, 15) is 14.7 Å². The lowest BCUT2D eigenvalue weighted by Gasteiger charge is -2.29. The zero-order valence-electron chi connectivity index (χ0n) is 19.8. The first-order valence-electron chi connectivity index (χ1n) is 11.7. The molecular weight excluding hydrogens is 528 g/mol. The first-order chi connectivity index (χ1) is 17.4. The van der Waals surface area contributed by atoms with E-state index in [1.54, 1.807) is 41.5 Å². The van der Waals surface area contributed by atoms with Gasteiger partial charge in [0, 0.05) is 6.07 Å². The van der Waals surface area contributed by atoms with Crippen molar-refractivity contribution in [3.8, 4) is 17.2 Å². The van der Waals surface area contributed by atoms with E-state index >= 15 is 0 Å². The molecule has 5 rings (SSSR count). The van der Waals surface area contributed by atoms with Crippen LogP contribution in [0.5, 0.6) is 17.2 Å². The highest BCUT2D eigenvalue weighted by molar-refractivity contribution is 9.10. The summed E-state index contributed by atoms with van der Waals surface area (Å²) >= 11 is 3.40. The van der Waals surface area contributed by atoms with Crippen LogP contribution in [-0.2, 0) is 14.4 Å². The van der Waals surface area contributed by atoms with Crippen LogP contribution < -0.4 is 19.4 Å². The van der Waals surface area contributed by atoms with Crippen molar-refractivity contribution in [3.63, 3.8) is 0 Å². The minimum atomic E-state index is -1.01. The Kier molecular flexibility index (Phi) is 6.59. The average Bonchev–Trinajstić information content (AvgIpc) is 3.39. The summed E-state index contributed by atoms with van der Waals surface area (Å²) in [6.07, 6.45) is -1.01. The molecule has 3 aromatic rings. The molecule has 2 amide bonds. The predicted molar refractivity (Wildman–Crippen MR) is 137 cm³/mol. The fourth-order valence-corrected chi connectivity index (χ4v) is 5.18. The normalized spacial score (nSPS) is 21.1. The fraction of sp³-hybridized carbons (Fsp3) is 0.259. The van der Waals surface area contributed by atoms with Gasteiger partial charge in [0.25, 0.3) is 5.91 Å². The van der Waals surface area contributed by atoms with Crippen LogP contribution in [0.2, 0.25) is 0 Å². The number of hydrogen-bond acceptors (Lipinski definition) is 7. The summed E-state index contributed by atoms with van der Waals surface area (Å²) in [5, 5.41) is 12.1. The molecule has 0 saturated carbocycles. The van der Waals surface area contributed by atoms with Crippen LogP contribution >= 0.6 is 15.9 Å². The van der Waals surface area contributed by atoms with E-state index in [4.69, 9.17) is 14.3 Å². The topological polar surface area (TPSA) is 88.5 Å². The average molecular weight is 553 g/mol. The molecule has 2 aliphatic rings. The van der Waals surface area contributed by atoms with Crippen LogP contribution in [0.1, 0.15) is 25.5 Å². The smallest absolute Gasteiger partial charge is 0.266 e. The summed E-state index contributed by atoms with van der Waals surface area (Å²) in [7, 11) is 0. The number of imide groups is 1. The first kappa shape index (κ1) is 24.1. The number of benzene rings is 3. The molecule has 0 unspecified atom stereocenters. The number of para-hydroxylation sites is 1. The van der Waals surface area contributed by atoms with Gasteiger partial charge in [0.05, 0.1) is 35.1 Å². The Hall–Kier alpha value is -3.56. The number of carbonyl (C=O) groups excluding carboxylic acids is 2. The Morgan fingerprint density at radius 3 is 2.36 bits per heavy atom. The second kappa shape index (κ2) is 9.83. The van der Waals surface area contributed by atoms with Crippen LogP contribution in [0.15, 0.2) is 71.2 Å². The van der Waals surface area contributed by atoms with Crippen LogP contribution in [0.4, 0.5) is 11.4 Å². The standard InChI is InChI=1S/C27H25BrN2O6/c1-3-34-19-12-8-11-18(15-19)29-26(32)22-23(16-13-20(28)24(31)21(14-16)35-4-2)30(36-25(22)27(29)33)17-9-6-5-7-10-17/h5-15,22-23,25,31H,3-4H2,1-2H3/t22-,23-,25+/m1/s1. The van der Waals surface area contributed by atoms with Gasteiger partial charge >= 0.3 is 0 Å². The van der Waals surface area contributed by atoms with E-state index in [0.717, 1.165) is 0 Å². The highest BCUT2D eigenvalue weighted by Gasteiger charge is 2.60. The maximum atomic E-state index is 13.9. The molecule has 0 radical (unpaired) electrons. The van der Waals surface area contributed by atoms with Crippen molar-refractivity contribution < 1.29 is 29.0 Å². The summed E-state index contributed by atoms with van der Waals surface area (Å²) in [5.41, 5.74) is 1.79. The summed E-state index contributed by atoms with van der Waals surface area (Å²) in [6, 6.07) is 19.0. The number of anilines is 2. The van der Waals surface area contributed by atoms with Crippen molar-refractivity contribution in [1.29, 1.82) is 0 Å². The summed E-state index contributed by atoms with van der Waals surface area (Å²) < 4.78 is 11.6. The number of ether oxygens (including phenoxy) is 2. The van der Waals surface area contributed by atoms with Gasteiger partial charge in [0.15, 0.2) is 17.6 Å². The predicted octanol–water partition coefficient (Wildman–Crippen LogP) is 5.00. The molecule has 2 heterocycles. The van der Waals surface area contributed by atoms with Crippen LogP contribution in [0, 0.1) is 5.92 Å². The Bertz CT molecular complexity index is 1300. The van der Waals surface area contributed by atoms with E-state index in [0.29, 0.717) is 40.4 Å². The van der Waals surface area contributed by atoms with Crippen molar-refractivity contribution in [2.45, 2.75) is 26.0 Å². The lowest BCUT2D eigenvalue weighted by molar-refractivity contribution is -0.126. The molecule has 2 fully saturated rings. The second-order valence-corrected chi connectivity index (χ2v) is 9.24. The van der Waals surface area contributed by atoms with E-state index < -0.39 is 24.0 Å². The van der Waals surface area contributed by atoms with E-state index in [1.807, 2.05) is 44.2 Å². The molecule has 0 aromatic heterocycles. The number of rotatable bonds is 7. The van der Waals surface area contributed by atoms with Crippen molar-refractivity contribution in [3.05, 3.63) is 76.8 Å². The summed E-state index contributed by atoms with van der Waals surface area (Å²) in [4.78, 5) is 34.8. The van der Waals surface area contributed by atoms with Gasteiger partial charge in [-0.05, 0) is 71.7 Å². The summed E-state index contributed by atoms with van der Waals surface area (Å²) in [5.74, 6) is -0.824. The maximum absolute atomic E-state index is 13.9. The molecule has 0 spiro atoms. The molecule has 9 heteroatoms. The third kappa shape index (κ3) is 4.08. The molecule has 3 aromatic carbocycles. The van der Waals surface area contributed by atoms with Gasteiger partial charge in [-0.3, -0.25) is 14.4 Å². The molecular formula is C27H25BrN2O6. The lowest BCUT2D eigenvalue weighted by Crippen LogP contribution is -2.37. The van der Waals surface area contributed by atoms with Crippen LogP contribution in [0.25, 0.3) is 0 Å². The van der Waals surface area contributed by atoms with E-state index in [1.165, 1.54) is 4.90 Å². The van der Waals surface area contributed by atoms with Gasteiger partial charge in [-0.15, -0.1) is 0 Å². The zero-order chi connectivity index (χ0) is 25.4. The Morgan fingerprint density at radius 1 is 0.917 bits per heavy atom. The molecule has 186 valence electrons. The van der Waals surface area contributed by atoms with Crippen molar-refractivity contribution in [1.82, 2.24) is 0 Å². The highest BCUT2D eigenvalue weighted by atomic mass is 79.9. The maximum Gasteiger partial charge on any atom is 0.266 e. The SMILES string of the molecule is CCOc1cccc(N2C(=O)[C@H]3[C@H](ON(c4ccccc4)[C@@H]3c3cc(Br)c(O)c(OCC)c3)C2=O)c1. The minimum Gasteiger partial charge on any atom is -0.503 e. The van der Waals surface area contributed by atoms with Crippen molar-refractivity contribution >= 4 is 39.1 Å². The Balaban J connectivity index is 1.60. The van der Waals surface area contributed by atoms with Gasteiger partial charge in [-0.25, -0.2) is 9.96 Å². The molecule has 3 atom stereocenters. The lowest BCUT2D eigenvalue weighted by atomic mass is 9.90. The molecule has 36 heavy (non-hydrogen) atoms. The van der Waals surface area contributed by atoms with E-state index in [2.05, 4.69) is 15.9 Å². The number of amides is 2. The highest BCUT2D eigenvalue weighted by Crippen LogP contribution is 2.50. The Morgan fingerprint density at radius 2 is 1.64 bits per heavy atom. The van der Waals surface area contributed by atoms with Crippen LogP contribution in [0.3, 0.4) is 0 Å². The molecule has 1 N–H and O–H groups in total. The molecule has 0 aliphatic carbocycles. The number of halogens is 1. The number of aromatic hydroxyl groups is 1. The number of carbonyl (C=O) groups is 2. The molecule has 2 saturated heterocycles. The third-order valence-corrected chi connectivity index (χ3v) is 6.81. The monoisotopic (exact) mass is 552 g/mol. The number of fused-ring (bicyclic) bond motifs is 1. The largest absolute Gasteiger partial charge is 0.503 e. The number of phenols is 1. The third-order valence-electron chi connectivity index (χ3n) is 6.21. The zero-order valence-corrected chi connectivity index (χ0v) is 21.3. The van der Waals surface area contributed by atoms with E-state index in [-0.39, 0.29) is 17.4 Å². The van der Waals surface area contributed by atoms with Crippen molar-refractivity contribution in [2.75, 3.05) is 23.2 Å². The van der Waals surface area contributed by atoms with Crippen LogP contribution in [-0.4, -0.2) is 36.2 Å². The van der Waals surface area contributed by atoms with Gasteiger partial charge < -0.3 is 14.6 Å². The minimum absolute atomic E-state index is 0.0366. The van der Waals surface area contributed by atoms with Gasteiger partial charge in [0.2, 0.25) is 5.91 Å².